The van der Waals surface area contributed by atoms with Crippen molar-refractivity contribution in [3.05, 3.63) is 12.7 Å². The van der Waals surface area contributed by atoms with E-state index < -0.39 is 0 Å². The van der Waals surface area contributed by atoms with Gasteiger partial charge in [-0.2, -0.15) is 0 Å². The first-order valence-corrected chi connectivity index (χ1v) is 2.48. The minimum atomic E-state index is -0.211. The summed E-state index contributed by atoms with van der Waals surface area (Å²) in [5, 5.41) is 0. The van der Waals surface area contributed by atoms with Crippen LogP contribution < -0.4 is 0 Å². The van der Waals surface area contributed by atoms with Crippen molar-refractivity contribution < 1.29 is 14.3 Å². The summed E-state index contributed by atoms with van der Waals surface area (Å²) in [6, 6.07) is 0. The summed E-state index contributed by atoms with van der Waals surface area (Å²) in [6.45, 7) is 3.14. The third kappa shape index (κ3) is 4.90. The van der Waals surface area contributed by atoms with Crippen LogP contribution in [-0.2, 0) is 14.3 Å². The normalized spacial score (nSPS) is 8.44. The molecule has 3 heteroatoms. The van der Waals surface area contributed by atoms with Gasteiger partial charge in [0.2, 0.25) is 0 Å². The summed E-state index contributed by atoms with van der Waals surface area (Å²) in [6.07, 6.45) is 1.75. The summed E-state index contributed by atoms with van der Waals surface area (Å²) in [4.78, 5) is 19.9. The predicted octanol–water partition coefficient (Wildman–Crippen LogP) is -0.0430. The zero-order chi connectivity index (χ0) is 7.11. The first kappa shape index (κ1) is 8.04. The Labute approximate surface area is 53.3 Å². The van der Waals surface area contributed by atoms with Gasteiger partial charge >= 0.3 is 0 Å². The van der Waals surface area contributed by atoms with Crippen LogP contribution in [0.3, 0.4) is 0 Å². The second-order valence-corrected chi connectivity index (χ2v) is 1.35. The predicted molar refractivity (Wildman–Crippen MR) is 32.1 cm³/mol. The van der Waals surface area contributed by atoms with E-state index in [0.717, 1.165) is 6.08 Å². The monoisotopic (exact) mass is 128 g/mol. The van der Waals surface area contributed by atoms with E-state index in [1.54, 1.807) is 0 Å². The molecule has 0 aromatic carbocycles. The molecule has 0 aromatic rings. The van der Waals surface area contributed by atoms with Crippen LogP contribution in [0, 0.1) is 0 Å². The summed E-state index contributed by atoms with van der Waals surface area (Å²) >= 11 is 0. The summed E-state index contributed by atoms with van der Waals surface area (Å²) in [5.41, 5.74) is 0. The van der Waals surface area contributed by atoms with Crippen LogP contribution >= 0.6 is 0 Å². The first-order valence-electron chi connectivity index (χ1n) is 2.48. The van der Waals surface area contributed by atoms with Crippen LogP contribution in [0.15, 0.2) is 12.7 Å². The molecule has 0 aliphatic heterocycles. The van der Waals surface area contributed by atoms with Crippen LogP contribution in [0.5, 0.6) is 0 Å². The van der Waals surface area contributed by atoms with Crippen LogP contribution in [0.25, 0.3) is 0 Å². The molecule has 0 radical (unpaired) electrons. The molecular weight excluding hydrogens is 120 g/mol. The molecule has 0 rings (SSSR count). The fourth-order valence-electron chi connectivity index (χ4n) is 0.267. The maximum Gasteiger partial charge on any atom is 0.180 e. The number of carbonyl (C=O) groups is 2. The summed E-state index contributed by atoms with van der Waals surface area (Å²) < 4.78 is 4.55. The van der Waals surface area contributed by atoms with Gasteiger partial charge in [0.1, 0.15) is 19.5 Å². The average molecular weight is 128 g/mol. The van der Waals surface area contributed by atoms with E-state index in [4.69, 9.17) is 0 Å². The Hall–Kier alpha value is -0.960. The highest BCUT2D eigenvalue weighted by Crippen LogP contribution is 1.75. The highest BCUT2D eigenvalue weighted by molar-refractivity contribution is 5.90. The zero-order valence-corrected chi connectivity index (χ0v) is 5.00. The van der Waals surface area contributed by atoms with E-state index in [2.05, 4.69) is 11.3 Å². The van der Waals surface area contributed by atoms with Gasteiger partial charge in [-0.15, -0.1) is 0 Å². The van der Waals surface area contributed by atoms with Crippen molar-refractivity contribution in [1.29, 1.82) is 0 Å². The van der Waals surface area contributed by atoms with E-state index in [9.17, 15) is 9.59 Å². The molecule has 0 aromatic heterocycles. The van der Waals surface area contributed by atoms with Gasteiger partial charge in [-0.05, 0) is 6.08 Å². The molecule has 3 nitrogen and oxygen atoms in total. The van der Waals surface area contributed by atoms with E-state index in [1.165, 1.54) is 0 Å². The van der Waals surface area contributed by atoms with Crippen molar-refractivity contribution in [3.63, 3.8) is 0 Å². The number of hydrogen-bond acceptors (Lipinski definition) is 3. The van der Waals surface area contributed by atoms with Crippen molar-refractivity contribution in [1.82, 2.24) is 0 Å². The molecule has 0 saturated heterocycles. The molecule has 0 atom stereocenters. The third-order valence-corrected chi connectivity index (χ3v) is 0.658. The van der Waals surface area contributed by atoms with E-state index in [-0.39, 0.29) is 19.0 Å². The van der Waals surface area contributed by atoms with Crippen LogP contribution in [-0.4, -0.2) is 25.3 Å². The Kier molecular flexibility index (Phi) is 4.63. The lowest BCUT2D eigenvalue weighted by Gasteiger charge is -1.91. The molecule has 0 heterocycles. The van der Waals surface area contributed by atoms with Gasteiger partial charge in [0.15, 0.2) is 5.78 Å². The summed E-state index contributed by atoms with van der Waals surface area (Å²) in [7, 11) is 0. The van der Waals surface area contributed by atoms with Gasteiger partial charge in [-0.3, -0.25) is 4.79 Å². The second-order valence-electron chi connectivity index (χ2n) is 1.35. The van der Waals surface area contributed by atoms with Gasteiger partial charge in [0.05, 0.1) is 0 Å². The molecule has 0 aliphatic carbocycles. The first-order chi connectivity index (χ1) is 4.31. The maximum absolute atomic E-state index is 10.3. The zero-order valence-electron chi connectivity index (χ0n) is 5.00. The Bertz CT molecular complexity index is 117. The fraction of sp³-hybridized carbons (Fsp3) is 0.333. The lowest BCUT2D eigenvalue weighted by Crippen LogP contribution is -2.06. The van der Waals surface area contributed by atoms with Gasteiger partial charge in [0.25, 0.3) is 0 Å². The van der Waals surface area contributed by atoms with E-state index in [0.29, 0.717) is 6.29 Å². The number of ketones is 1. The highest BCUT2D eigenvalue weighted by atomic mass is 16.5. The molecule has 0 unspecified atom stereocenters. The quantitative estimate of drug-likeness (QED) is 0.296. The van der Waals surface area contributed by atoms with Crippen molar-refractivity contribution in [2.75, 3.05) is 13.2 Å². The van der Waals surface area contributed by atoms with Gasteiger partial charge in [-0.1, -0.05) is 6.58 Å². The minimum absolute atomic E-state index is 0.0282. The van der Waals surface area contributed by atoms with Crippen LogP contribution in [0.1, 0.15) is 0 Å². The summed E-state index contributed by atoms with van der Waals surface area (Å²) in [5.74, 6) is -0.211. The van der Waals surface area contributed by atoms with E-state index >= 15 is 0 Å². The van der Waals surface area contributed by atoms with Gasteiger partial charge < -0.3 is 9.53 Å². The Morgan fingerprint density at radius 3 is 2.78 bits per heavy atom. The third-order valence-electron chi connectivity index (χ3n) is 0.658. The Morgan fingerprint density at radius 2 is 2.33 bits per heavy atom. The van der Waals surface area contributed by atoms with Gasteiger partial charge in [0, 0.05) is 0 Å². The topological polar surface area (TPSA) is 43.4 Å². The molecular formula is C6H8O3. The lowest BCUT2D eigenvalue weighted by atomic mass is 10.4. The molecule has 0 saturated carbocycles. The second kappa shape index (κ2) is 5.18. The number of aldehydes is 1. The van der Waals surface area contributed by atoms with E-state index in [1.807, 2.05) is 0 Å². The molecule has 0 N–H and O–H groups in total. The molecule has 0 spiro atoms. The molecule has 0 fully saturated rings. The minimum Gasteiger partial charge on any atom is -0.366 e. The fourth-order valence-corrected chi connectivity index (χ4v) is 0.267. The molecule has 0 bridgehead atoms. The van der Waals surface area contributed by atoms with Crippen LogP contribution in [0.2, 0.25) is 0 Å². The lowest BCUT2D eigenvalue weighted by molar-refractivity contribution is -0.121. The molecule has 9 heavy (non-hydrogen) atoms. The van der Waals surface area contributed by atoms with Crippen molar-refractivity contribution in [2.45, 2.75) is 0 Å². The standard InChI is InChI=1S/C6H8O3/c1-2-6(8)5-9-4-3-7/h2-3H,1,4-5H2. The van der Waals surface area contributed by atoms with Crippen molar-refractivity contribution in [2.24, 2.45) is 0 Å². The largest absolute Gasteiger partial charge is 0.366 e. The number of rotatable bonds is 5. The average Bonchev–Trinajstić information content (AvgIpc) is 1.89. The Balaban J connectivity index is 3.16. The maximum atomic E-state index is 10.3. The highest BCUT2D eigenvalue weighted by Gasteiger charge is 1.92. The SMILES string of the molecule is C=CC(=O)COCC=O. The smallest absolute Gasteiger partial charge is 0.180 e. The molecule has 0 aliphatic rings. The van der Waals surface area contributed by atoms with Crippen LogP contribution in [0.4, 0.5) is 0 Å². The number of hydrogen-bond donors (Lipinski definition) is 0. The molecule has 0 amide bonds. The Morgan fingerprint density at radius 1 is 1.67 bits per heavy atom. The van der Waals surface area contributed by atoms with Crippen molar-refractivity contribution >= 4 is 12.1 Å². The number of carbonyl (C=O) groups excluding carboxylic acids is 2. The van der Waals surface area contributed by atoms with Gasteiger partial charge in [-0.25, -0.2) is 0 Å². The van der Waals surface area contributed by atoms with Crippen molar-refractivity contribution in [3.8, 4) is 0 Å². The molecule has 50 valence electrons. The number of ether oxygens (including phenoxy) is 1.